The van der Waals surface area contributed by atoms with Crippen LogP contribution in [0.25, 0.3) is 22.2 Å². The van der Waals surface area contributed by atoms with Crippen molar-refractivity contribution in [1.82, 2.24) is 34.8 Å². The molecule has 0 bridgehead atoms. The summed E-state index contributed by atoms with van der Waals surface area (Å²) in [4.78, 5) is 55.8. The molecule has 4 aromatic rings. The Morgan fingerprint density at radius 1 is 1.00 bits per heavy atom. The second-order valence-corrected chi connectivity index (χ2v) is 13.0. The molecule has 8 rings (SSSR count). The number of carbonyl (C=O) groups is 4. The minimum atomic E-state index is -0.969. The van der Waals surface area contributed by atoms with Crippen LogP contribution >= 0.6 is 0 Å². The van der Waals surface area contributed by atoms with E-state index < -0.39 is 29.7 Å². The Kier molecular flexibility index (Phi) is 6.36. The Hall–Kier alpha value is -4.87. The fourth-order valence-corrected chi connectivity index (χ4v) is 6.96. The Bertz CT molecular complexity index is 1900. The largest absolute Gasteiger partial charge is 0.385 e. The van der Waals surface area contributed by atoms with Gasteiger partial charge < -0.3 is 5.32 Å². The number of rotatable bonds is 8. The van der Waals surface area contributed by atoms with Gasteiger partial charge in [0.1, 0.15) is 6.04 Å². The van der Waals surface area contributed by atoms with E-state index in [-0.39, 0.29) is 30.0 Å². The lowest BCUT2D eigenvalue weighted by atomic mass is 9.80. The zero-order chi connectivity index (χ0) is 31.0. The first kappa shape index (κ1) is 27.7. The maximum Gasteiger partial charge on any atom is 0.262 e. The lowest BCUT2D eigenvalue weighted by Gasteiger charge is -2.35. The molecule has 45 heavy (non-hydrogen) atoms. The van der Waals surface area contributed by atoms with Gasteiger partial charge >= 0.3 is 0 Å². The molecule has 0 radical (unpaired) electrons. The SMILES string of the molecule is CC(C)n1ncc2c(-c3cn([C@H]4C[C@H](CNc5ccc6c(c5)C(=O)N(C5CCC(=O)NC5=O)C6=O)C4)nc3C3CC3)nccc21. The van der Waals surface area contributed by atoms with Crippen LogP contribution in [0.15, 0.2) is 42.9 Å². The van der Waals surface area contributed by atoms with Crippen molar-refractivity contribution < 1.29 is 19.2 Å². The Morgan fingerprint density at radius 2 is 1.80 bits per heavy atom. The molecule has 1 atom stereocenters. The van der Waals surface area contributed by atoms with Crippen LogP contribution in [0.3, 0.4) is 0 Å². The number of anilines is 1. The van der Waals surface area contributed by atoms with E-state index in [1.54, 1.807) is 18.2 Å². The van der Waals surface area contributed by atoms with E-state index in [1.807, 2.05) is 23.1 Å². The van der Waals surface area contributed by atoms with Crippen molar-refractivity contribution in [2.45, 2.75) is 76.4 Å². The molecule has 2 aliphatic heterocycles. The molecule has 2 N–H and O–H groups in total. The number of carbonyl (C=O) groups excluding carboxylic acids is 4. The van der Waals surface area contributed by atoms with Crippen LogP contribution in [0.5, 0.6) is 0 Å². The van der Waals surface area contributed by atoms with Gasteiger partial charge in [-0.2, -0.15) is 10.2 Å². The summed E-state index contributed by atoms with van der Waals surface area (Å²) in [5.41, 5.74) is 5.59. The van der Waals surface area contributed by atoms with Gasteiger partial charge in [-0.25, -0.2) is 0 Å². The molecule has 5 heterocycles. The van der Waals surface area contributed by atoms with Gasteiger partial charge in [0.2, 0.25) is 11.8 Å². The highest BCUT2D eigenvalue weighted by Gasteiger charge is 2.44. The number of pyridine rings is 1. The van der Waals surface area contributed by atoms with Crippen molar-refractivity contribution in [2.24, 2.45) is 5.92 Å². The molecular weight excluding hydrogens is 572 g/mol. The van der Waals surface area contributed by atoms with Crippen molar-refractivity contribution in [3.63, 3.8) is 0 Å². The molecule has 1 aromatic carbocycles. The number of hydrogen-bond donors (Lipinski definition) is 2. The molecule has 1 saturated heterocycles. The standard InChI is InChI=1S/C33H34N8O4/c1-17(2)41-26-9-10-34-30(24(26)15-36-41)25-16-39(38-29(25)19-3-4-19)21-11-18(12-21)14-35-20-5-6-22-23(13-20)33(45)40(32(22)44)27-7-8-28(42)37-31(27)43/h5-6,9-10,13,15-19,21,27,35H,3-4,7-8,11-12,14H2,1-2H3,(H,37,42,43)/t18-,21-,27?. The Labute approximate surface area is 259 Å². The maximum atomic E-state index is 13.2. The number of nitrogens with one attached hydrogen (secondary N) is 2. The van der Waals surface area contributed by atoms with E-state index >= 15 is 0 Å². The van der Waals surface area contributed by atoms with Crippen molar-refractivity contribution in [1.29, 1.82) is 0 Å². The zero-order valence-corrected chi connectivity index (χ0v) is 25.2. The maximum absolute atomic E-state index is 13.2. The van der Waals surface area contributed by atoms with E-state index in [9.17, 15) is 19.2 Å². The average Bonchev–Trinajstić information content (AvgIpc) is 3.51. The summed E-state index contributed by atoms with van der Waals surface area (Å²) >= 11 is 0. The van der Waals surface area contributed by atoms with E-state index in [2.05, 4.69) is 40.5 Å². The van der Waals surface area contributed by atoms with Crippen molar-refractivity contribution in [2.75, 3.05) is 11.9 Å². The predicted octanol–water partition coefficient (Wildman–Crippen LogP) is 4.22. The van der Waals surface area contributed by atoms with Crippen molar-refractivity contribution in [3.8, 4) is 11.3 Å². The van der Waals surface area contributed by atoms with Crippen LogP contribution in [-0.4, -0.2) is 65.7 Å². The van der Waals surface area contributed by atoms with Gasteiger partial charge in [-0.1, -0.05) is 0 Å². The van der Waals surface area contributed by atoms with Gasteiger partial charge in [-0.3, -0.25) is 43.7 Å². The normalized spacial score (nSPS) is 23.1. The lowest BCUT2D eigenvalue weighted by molar-refractivity contribution is -0.136. The van der Waals surface area contributed by atoms with Gasteiger partial charge in [-0.15, -0.1) is 0 Å². The monoisotopic (exact) mass is 606 g/mol. The highest BCUT2D eigenvalue weighted by Crippen LogP contribution is 2.46. The lowest BCUT2D eigenvalue weighted by Crippen LogP contribution is -2.54. The summed E-state index contributed by atoms with van der Waals surface area (Å²) in [6.07, 6.45) is 10.5. The van der Waals surface area contributed by atoms with Crippen LogP contribution in [-0.2, 0) is 9.59 Å². The fraction of sp³-hybridized carbons (Fsp3) is 0.424. The third-order valence-electron chi connectivity index (χ3n) is 9.61. The zero-order valence-electron chi connectivity index (χ0n) is 25.2. The van der Waals surface area contributed by atoms with Crippen LogP contribution in [0.2, 0.25) is 0 Å². The predicted molar refractivity (Wildman–Crippen MR) is 164 cm³/mol. The summed E-state index contributed by atoms with van der Waals surface area (Å²) in [6.45, 7) is 4.99. The molecule has 4 amide bonds. The molecule has 2 saturated carbocycles. The summed E-state index contributed by atoms with van der Waals surface area (Å²) in [5.74, 6) is -1.08. The number of imide groups is 2. The second-order valence-electron chi connectivity index (χ2n) is 13.0. The van der Waals surface area contributed by atoms with Gasteiger partial charge in [0.15, 0.2) is 0 Å². The average molecular weight is 607 g/mol. The van der Waals surface area contributed by atoms with Gasteiger partial charge in [0.05, 0.1) is 40.3 Å². The van der Waals surface area contributed by atoms with Gasteiger partial charge in [0, 0.05) is 54.0 Å². The molecule has 3 fully saturated rings. The topological polar surface area (TPSA) is 144 Å². The Morgan fingerprint density at radius 3 is 2.56 bits per heavy atom. The first-order valence-corrected chi connectivity index (χ1v) is 15.8. The van der Waals surface area contributed by atoms with E-state index in [4.69, 9.17) is 10.1 Å². The van der Waals surface area contributed by atoms with Crippen LogP contribution < -0.4 is 10.6 Å². The number of nitrogens with zero attached hydrogens (tertiary/aromatic N) is 6. The number of aromatic nitrogens is 5. The van der Waals surface area contributed by atoms with Gasteiger partial charge in [-0.05, 0) is 76.1 Å². The third-order valence-corrected chi connectivity index (χ3v) is 9.61. The molecule has 2 aliphatic carbocycles. The summed E-state index contributed by atoms with van der Waals surface area (Å²) in [5, 5.41) is 16.4. The van der Waals surface area contributed by atoms with Crippen molar-refractivity contribution in [3.05, 3.63) is 59.7 Å². The molecule has 3 aromatic heterocycles. The number of benzene rings is 1. The van der Waals surface area contributed by atoms with E-state index in [0.29, 0.717) is 17.9 Å². The highest BCUT2D eigenvalue weighted by atomic mass is 16.2. The second kappa shape index (κ2) is 10.4. The molecule has 4 aliphatic rings. The highest BCUT2D eigenvalue weighted by molar-refractivity contribution is 6.23. The van der Waals surface area contributed by atoms with Crippen LogP contribution in [0.4, 0.5) is 5.69 Å². The smallest absolute Gasteiger partial charge is 0.262 e. The van der Waals surface area contributed by atoms with E-state index in [1.165, 1.54) is 0 Å². The molecule has 1 unspecified atom stereocenters. The third kappa shape index (κ3) is 4.61. The summed E-state index contributed by atoms with van der Waals surface area (Å²) in [7, 11) is 0. The minimum absolute atomic E-state index is 0.0950. The summed E-state index contributed by atoms with van der Waals surface area (Å²) in [6, 6.07) is 6.75. The molecular formula is C33H34N8O4. The van der Waals surface area contributed by atoms with Crippen LogP contribution in [0.1, 0.15) is 96.8 Å². The summed E-state index contributed by atoms with van der Waals surface area (Å²) < 4.78 is 4.17. The first-order valence-electron chi connectivity index (χ1n) is 15.8. The molecule has 0 spiro atoms. The number of fused-ring (bicyclic) bond motifs is 2. The van der Waals surface area contributed by atoms with Crippen LogP contribution in [0, 0.1) is 5.92 Å². The number of piperidine rings is 1. The molecule has 12 nitrogen and oxygen atoms in total. The Balaban J connectivity index is 0.939. The quantitative estimate of drug-likeness (QED) is 0.284. The van der Waals surface area contributed by atoms with Crippen molar-refractivity contribution >= 4 is 40.2 Å². The first-order chi connectivity index (χ1) is 21.8. The molecule has 230 valence electrons. The minimum Gasteiger partial charge on any atom is -0.385 e. The fourth-order valence-electron chi connectivity index (χ4n) is 6.96. The number of amides is 4. The van der Waals surface area contributed by atoms with E-state index in [0.717, 1.165) is 70.7 Å². The molecule has 12 heteroatoms. The number of hydrogen-bond acceptors (Lipinski definition) is 8. The van der Waals surface area contributed by atoms with Gasteiger partial charge in [0.25, 0.3) is 11.8 Å².